The highest BCUT2D eigenvalue weighted by Crippen LogP contribution is 2.25. The maximum atomic E-state index is 10.9. The van der Waals surface area contributed by atoms with E-state index in [-0.39, 0.29) is 12.1 Å². The van der Waals surface area contributed by atoms with Crippen molar-refractivity contribution in [3.8, 4) is 0 Å². The van der Waals surface area contributed by atoms with Crippen LogP contribution >= 0.6 is 11.8 Å². The van der Waals surface area contributed by atoms with Crippen molar-refractivity contribution in [1.82, 2.24) is 10.2 Å². The number of nitrogens with zero attached hydrogens (tertiary/aromatic N) is 2. The summed E-state index contributed by atoms with van der Waals surface area (Å²) in [5.41, 5.74) is 5.93. The first-order valence-corrected chi connectivity index (χ1v) is 6.48. The van der Waals surface area contributed by atoms with Crippen LogP contribution in [0, 0.1) is 0 Å². The second-order valence-corrected chi connectivity index (χ2v) is 5.03. The van der Waals surface area contributed by atoms with Gasteiger partial charge >= 0.3 is 5.97 Å². The zero-order valence-corrected chi connectivity index (χ0v) is 11.1. The fourth-order valence-electron chi connectivity index (χ4n) is 1.48. The highest BCUT2D eigenvalue weighted by atomic mass is 32.2. The Balaban J connectivity index is 2.06. The van der Waals surface area contributed by atoms with Crippen molar-refractivity contribution in [1.29, 1.82) is 0 Å². The lowest BCUT2D eigenvalue weighted by Crippen LogP contribution is -2.13. The van der Waals surface area contributed by atoms with Gasteiger partial charge in [-0.1, -0.05) is 23.9 Å². The van der Waals surface area contributed by atoms with Crippen LogP contribution < -0.4 is 5.73 Å². The molecule has 1 aromatic heterocycles. The molecule has 20 heavy (non-hydrogen) atoms. The summed E-state index contributed by atoms with van der Waals surface area (Å²) in [5.74, 6) is -1.48. The predicted molar refractivity (Wildman–Crippen MR) is 72.5 cm³/mol. The van der Waals surface area contributed by atoms with E-state index in [1.165, 1.54) is 17.8 Å². The maximum absolute atomic E-state index is 10.9. The molecule has 3 N–H and O–H groups in total. The lowest BCUT2D eigenvalue weighted by Gasteiger charge is -2.02. The Morgan fingerprint density at radius 2 is 1.80 bits per heavy atom. The maximum Gasteiger partial charge on any atom is 0.307 e. The van der Waals surface area contributed by atoms with Gasteiger partial charge in [-0.3, -0.25) is 9.59 Å². The Hall–Kier alpha value is -2.41. The first kappa shape index (κ1) is 14.0. The van der Waals surface area contributed by atoms with Crippen LogP contribution in [-0.2, 0) is 11.2 Å². The summed E-state index contributed by atoms with van der Waals surface area (Å²) >= 11 is 1.36. The topological polar surface area (TPSA) is 106 Å². The number of carbonyl (C=O) groups is 2. The monoisotopic (exact) mass is 289 g/mol. The number of aliphatic carboxylic acids is 1. The van der Waals surface area contributed by atoms with Gasteiger partial charge in [0.05, 0.1) is 6.42 Å². The van der Waals surface area contributed by atoms with Gasteiger partial charge in [-0.05, 0) is 29.8 Å². The Morgan fingerprint density at radius 1 is 1.10 bits per heavy atom. The van der Waals surface area contributed by atoms with Crippen LogP contribution in [0.3, 0.4) is 0 Å². The van der Waals surface area contributed by atoms with Gasteiger partial charge in [-0.25, -0.2) is 0 Å². The summed E-state index contributed by atoms with van der Waals surface area (Å²) in [5, 5.41) is 16.9. The van der Waals surface area contributed by atoms with Crippen LogP contribution in [0.5, 0.6) is 0 Å². The van der Waals surface area contributed by atoms with Gasteiger partial charge in [-0.2, -0.15) is 0 Å². The van der Waals surface area contributed by atoms with Crippen LogP contribution in [-0.4, -0.2) is 27.2 Å². The highest BCUT2D eigenvalue weighted by molar-refractivity contribution is 7.99. The first-order chi connectivity index (χ1) is 9.54. The normalized spacial score (nSPS) is 10.2. The molecule has 0 atom stereocenters. The Kier molecular flexibility index (Phi) is 4.31. The second kappa shape index (κ2) is 6.16. The summed E-state index contributed by atoms with van der Waals surface area (Å²) in [6.45, 7) is 0. The minimum Gasteiger partial charge on any atom is -0.481 e. The number of benzene rings is 1. The van der Waals surface area contributed by atoms with Gasteiger partial charge < -0.3 is 10.8 Å². The molecule has 0 spiro atoms. The molecule has 0 radical (unpaired) electrons. The average Bonchev–Trinajstić information content (AvgIpc) is 2.41. The van der Waals surface area contributed by atoms with Gasteiger partial charge in [0.1, 0.15) is 5.03 Å². The quantitative estimate of drug-likeness (QED) is 0.860. The lowest BCUT2D eigenvalue weighted by atomic mass is 10.2. The highest BCUT2D eigenvalue weighted by Gasteiger charge is 2.05. The Bertz CT molecular complexity index is 626. The number of carboxylic acids is 1. The van der Waals surface area contributed by atoms with Gasteiger partial charge in [0, 0.05) is 4.90 Å². The van der Waals surface area contributed by atoms with E-state index in [0.717, 1.165) is 10.5 Å². The van der Waals surface area contributed by atoms with Crippen molar-refractivity contribution < 1.29 is 14.7 Å². The number of carbonyl (C=O) groups excluding carboxylic acids is 1. The lowest BCUT2D eigenvalue weighted by molar-refractivity contribution is -0.136. The zero-order chi connectivity index (χ0) is 14.5. The molecule has 0 aliphatic carbocycles. The third kappa shape index (κ3) is 3.79. The minimum absolute atomic E-state index is 0.00192. The Morgan fingerprint density at radius 3 is 2.30 bits per heavy atom. The average molecular weight is 289 g/mol. The van der Waals surface area contributed by atoms with Gasteiger partial charge in [-0.15, -0.1) is 10.2 Å². The van der Waals surface area contributed by atoms with Crippen LogP contribution in [0.15, 0.2) is 46.3 Å². The number of hydrogen-bond acceptors (Lipinski definition) is 5. The van der Waals surface area contributed by atoms with Crippen molar-refractivity contribution >= 4 is 23.6 Å². The minimum atomic E-state index is -0.863. The summed E-state index contributed by atoms with van der Waals surface area (Å²) in [7, 11) is 0. The van der Waals surface area contributed by atoms with E-state index < -0.39 is 11.9 Å². The number of primary amides is 1. The molecule has 0 bridgehead atoms. The molecule has 1 heterocycles. The van der Waals surface area contributed by atoms with Crippen molar-refractivity contribution in [2.75, 3.05) is 0 Å². The molecular formula is C13H11N3O3S. The molecule has 2 rings (SSSR count). The molecule has 2 aromatic rings. The summed E-state index contributed by atoms with van der Waals surface area (Å²) in [4.78, 5) is 22.3. The third-order valence-corrected chi connectivity index (χ3v) is 3.33. The van der Waals surface area contributed by atoms with E-state index in [0.29, 0.717) is 5.03 Å². The van der Waals surface area contributed by atoms with Gasteiger partial charge in [0.2, 0.25) is 0 Å². The van der Waals surface area contributed by atoms with Crippen molar-refractivity contribution in [3.63, 3.8) is 0 Å². The molecule has 6 nitrogen and oxygen atoms in total. The number of amides is 1. The SMILES string of the molecule is NC(=O)c1ccc(Sc2ccc(CC(=O)O)cc2)nn1. The van der Waals surface area contributed by atoms with Crippen LogP contribution in [0.1, 0.15) is 16.1 Å². The van der Waals surface area contributed by atoms with Crippen molar-refractivity contribution in [2.24, 2.45) is 5.73 Å². The molecule has 0 saturated heterocycles. The molecule has 1 amide bonds. The van der Waals surface area contributed by atoms with Crippen LogP contribution in [0.2, 0.25) is 0 Å². The number of rotatable bonds is 5. The van der Waals surface area contributed by atoms with Crippen molar-refractivity contribution in [3.05, 3.63) is 47.7 Å². The number of nitrogens with two attached hydrogens (primary N) is 1. The van der Waals surface area contributed by atoms with Gasteiger partial charge in [0.25, 0.3) is 5.91 Å². The first-order valence-electron chi connectivity index (χ1n) is 5.67. The zero-order valence-electron chi connectivity index (χ0n) is 10.3. The summed E-state index contributed by atoms with van der Waals surface area (Å²) in [6, 6.07) is 10.3. The van der Waals surface area contributed by atoms with E-state index in [2.05, 4.69) is 10.2 Å². The van der Waals surface area contributed by atoms with Crippen molar-refractivity contribution in [2.45, 2.75) is 16.3 Å². The Labute approximate surface area is 119 Å². The standard InChI is InChI=1S/C13H11N3O3S/c14-13(19)10-5-6-11(16-15-10)20-9-3-1-8(2-4-9)7-12(17)18/h1-6H,7H2,(H2,14,19)(H,17,18). The van der Waals surface area contributed by atoms with E-state index in [1.807, 2.05) is 12.1 Å². The fraction of sp³-hybridized carbons (Fsp3) is 0.0769. The van der Waals surface area contributed by atoms with Gasteiger partial charge in [0.15, 0.2) is 5.69 Å². The molecule has 0 aliphatic rings. The smallest absolute Gasteiger partial charge is 0.307 e. The number of hydrogen-bond donors (Lipinski definition) is 2. The van der Waals surface area contributed by atoms with Crippen LogP contribution in [0.25, 0.3) is 0 Å². The van der Waals surface area contributed by atoms with E-state index in [4.69, 9.17) is 10.8 Å². The predicted octanol–water partition coefficient (Wildman–Crippen LogP) is 1.35. The molecular weight excluding hydrogens is 278 g/mol. The number of carboxylic acid groups (broad SMARTS) is 1. The molecule has 0 aliphatic heterocycles. The molecule has 7 heteroatoms. The molecule has 102 valence electrons. The third-order valence-electron chi connectivity index (χ3n) is 2.39. The molecule has 1 aromatic carbocycles. The molecule has 0 saturated carbocycles. The second-order valence-electron chi connectivity index (χ2n) is 3.94. The van der Waals surface area contributed by atoms with E-state index >= 15 is 0 Å². The largest absolute Gasteiger partial charge is 0.481 e. The molecule has 0 fully saturated rings. The van der Waals surface area contributed by atoms with E-state index in [9.17, 15) is 9.59 Å². The van der Waals surface area contributed by atoms with E-state index in [1.54, 1.807) is 18.2 Å². The number of aromatic nitrogens is 2. The van der Waals surface area contributed by atoms with Crippen LogP contribution in [0.4, 0.5) is 0 Å². The summed E-state index contributed by atoms with van der Waals surface area (Å²) in [6.07, 6.45) is -0.00192. The molecule has 0 unspecified atom stereocenters. The summed E-state index contributed by atoms with van der Waals surface area (Å²) < 4.78 is 0. The fourth-order valence-corrected chi connectivity index (χ4v) is 2.21.